The number of halogens is 4. The van der Waals surface area contributed by atoms with E-state index in [9.17, 15) is 13.2 Å². The number of nitrogens with one attached hydrogen (secondary N) is 2. The minimum atomic E-state index is -4.29. The van der Waals surface area contributed by atoms with Crippen LogP contribution in [0, 0.1) is 5.41 Å². The van der Waals surface area contributed by atoms with E-state index in [1.807, 2.05) is 0 Å². The molecule has 10 heteroatoms. The molecule has 0 fully saturated rings. The van der Waals surface area contributed by atoms with Crippen LogP contribution in [-0.2, 0) is 0 Å². The lowest BCUT2D eigenvalue weighted by Gasteiger charge is -2.19. The van der Waals surface area contributed by atoms with E-state index in [2.05, 4.69) is 22.5 Å². The summed E-state index contributed by atoms with van der Waals surface area (Å²) in [6.45, 7) is 0. The normalized spacial score (nSPS) is 13.1. The van der Waals surface area contributed by atoms with E-state index >= 15 is 0 Å². The summed E-state index contributed by atoms with van der Waals surface area (Å²) in [7, 11) is 1.27. The number of rotatable bonds is 5. The molecule has 0 aliphatic carbocycles. The lowest BCUT2D eigenvalue weighted by Crippen LogP contribution is -2.31. The van der Waals surface area contributed by atoms with Gasteiger partial charge in [0.15, 0.2) is 0 Å². The van der Waals surface area contributed by atoms with Crippen molar-refractivity contribution in [2.24, 2.45) is 16.5 Å². The van der Waals surface area contributed by atoms with Gasteiger partial charge in [-0.05, 0) is 36.9 Å². The highest BCUT2D eigenvalue weighted by atomic mass is 35.5. The van der Waals surface area contributed by atoms with Crippen LogP contribution in [0.25, 0.3) is 0 Å². The van der Waals surface area contributed by atoms with Crippen molar-refractivity contribution in [3.8, 4) is 0 Å². The Morgan fingerprint density at radius 3 is 2.21 bits per heavy atom. The van der Waals surface area contributed by atoms with E-state index in [0.717, 1.165) is 6.34 Å². The van der Waals surface area contributed by atoms with Crippen molar-refractivity contribution >= 4 is 41.0 Å². The third kappa shape index (κ3) is 9.23. The Hall–Kier alpha value is -1.97. The number of benzene rings is 1. The topological polar surface area (TPSA) is 100 Å². The zero-order valence-corrected chi connectivity index (χ0v) is 14.2. The Kier molecular flexibility index (Phi) is 9.86. The Balaban J connectivity index is 0.000000470. The molecule has 0 aliphatic heterocycles. The maximum absolute atomic E-state index is 12.4. The number of thiocarbonyl (C=S) groups is 1. The smallest absolute Gasteiger partial charge is 0.390 e. The van der Waals surface area contributed by atoms with Gasteiger partial charge in [0.1, 0.15) is 18.2 Å². The maximum atomic E-state index is 12.4. The molecule has 0 saturated heterocycles. The molecule has 0 aromatic heterocycles. The van der Waals surface area contributed by atoms with Gasteiger partial charge in [-0.25, -0.2) is 4.99 Å². The summed E-state index contributed by atoms with van der Waals surface area (Å²) in [6.07, 6.45) is -0.563. The van der Waals surface area contributed by atoms with Crippen LogP contribution in [0.15, 0.2) is 41.4 Å². The van der Waals surface area contributed by atoms with Crippen molar-refractivity contribution in [2.75, 3.05) is 7.05 Å². The number of hydrogen-bond donors (Lipinski definition) is 4. The molecule has 0 bridgehead atoms. The molecule has 0 heterocycles. The fraction of sp³-hybridized carbons (Fsp3) is 0.214. The van der Waals surface area contributed by atoms with E-state index < -0.39 is 12.2 Å². The van der Waals surface area contributed by atoms with Crippen LogP contribution in [0.3, 0.4) is 0 Å². The lowest BCUT2D eigenvalue weighted by molar-refractivity contribution is -0.156. The van der Waals surface area contributed by atoms with Crippen LogP contribution in [0.4, 0.5) is 13.2 Å². The van der Waals surface area contributed by atoms with Gasteiger partial charge in [0, 0.05) is 5.02 Å². The first kappa shape index (κ1) is 22.0. The van der Waals surface area contributed by atoms with E-state index in [4.69, 9.17) is 28.5 Å². The van der Waals surface area contributed by atoms with Gasteiger partial charge in [0.05, 0.1) is 4.99 Å². The fourth-order valence-electron chi connectivity index (χ4n) is 1.46. The van der Waals surface area contributed by atoms with Crippen molar-refractivity contribution < 1.29 is 13.2 Å². The number of nitrogens with two attached hydrogens (primary N) is 2. The van der Waals surface area contributed by atoms with Crippen molar-refractivity contribution in [3.05, 3.63) is 47.0 Å². The Morgan fingerprint density at radius 1 is 1.29 bits per heavy atom. The summed E-state index contributed by atoms with van der Waals surface area (Å²) < 4.78 is 37.2. The van der Waals surface area contributed by atoms with Gasteiger partial charge in [0.25, 0.3) is 0 Å². The fourth-order valence-corrected chi connectivity index (χ4v) is 1.65. The van der Waals surface area contributed by atoms with Crippen LogP contribution < -0.4 is 16.8 Å². The molecule has 5 nitrogen and oxygen atoms in total. The maximum Gasteiger partial charge on any atom is 0.407 e. The quantitative estimate of drug-likeness (QED) is 0.273. The van der Waals surface area contributed by atoms with Crippen molar-refractivity contribution in [1.82, 2.24) is 5.32 Å². The molecule has 0 unspecified atom stereocenters. The second kappa shape index (κ2) is 10.7. The molecule has 24 heavy (non-hydrogen) atoms. The van der Waals surface area contributed by atoms with Crippen molar-refractivity contribution in [3.63, 3.8) is 0 Å². The molecule has 0 saturated carbocycles. The second-order valence-electron chi connectivity index (χ2n) is 4.23. The predicted molar refractivity (Wildman–Crippen MR) is 95.6 cm³/mol. The van der Waals surface area contributed by atoms with E-state index in [1.165, 1.54) is 43.5 Å². The summed E-state index contributed by atoms with van der Waals surface area (Å²) in [5.41, 5.74) is 10.5. The molecule has 1 aromatic rings. The van der Waals surface area contributed by atoms with E-state index in [1.54, 1.807) is 0 Å². The number of nitrogens with zero attached hydrogens (tertiary/aromatic N) is 1. The van der Waals surface area contributed by atoms with Crippen LogP contribution >= 0.6 is 23.8 Å². The zero-order valence-electron chi connectivity index (χ0n) is 12.6. The van der Waals surface area contributed by atoms with Gasteiger partial charge in [-0.3, -0.25) is 5.41 Å². The first-order chi connectivity index (χ1) is 11.1. The largest absolute Gasteiger partial charge is 0.407 e. The lowest BCUT2D eigenvalue weighted by atomic mass is 10.1. The molecule has 0 amide bonds. The standard InChI is InChI=1S/C9H9ClF3N.C5H8N4S/c1-14-8(9(11,12)13)6-2-4-7(10)5-3-6;6-3-9-4(7)1-2-5(8)10/h2-5,8,14H,1H3;1-3H,(H2,8,10)(H3,6,7,9)/b;2-1-/t8-;/m1./s1. The number of alkyl halides is 3. The number of aliphatic imine (C=N–C) groups is 1. The Bertz CT molecular complexity index is 599. The zero-order chi connectivity index (χ0) is 18.8. The molecule has 1 atom stereocenters. The van der Waals surface area contributed by atoms with E-state index in [0.29, 0.717) is 5.02 Å². The second-order valence-corrected chi connectivity index (χ2v) is 5.14. The van der Waals surface area contributed by atoms with Gasteiger partial charge in [0.2, 0.25) is 0 Å². The third-order valence-electron chi connectivity index (χ3n) is 2.45. The van der Waals surface area contributed by atoms with E-state index in [-0.39, 0.29) is 16.4 Å². The van der Waals surface area contributed by atoms with Gasteiger partial charge in [-0.1, -0.05) is 36.0 Å². The summed E-state index contributed by atoms with van der Waals surface area (Å²) in [5, 5.41) is 9.16. The SMILES string of the molecule is CN[C@H](c1ccc(Cl)cc1)C(F)(F)F.N=CN=C(N)/C=C\C(N)=S. The monoisotopic (exact) mass is 379 g/mol. The van der Waals surface area contributed by atoms with Gasteiger partial charge in [-0.2, -0.15) is 13.2 Å². The molecule has 6 N–H and O–H groups in total. The predicted octanol–water partition coefficient (Wildman–Crippen LogP) is 2.96. The molecule has 1 aromatic carbocycles. The third-order valence-corrected chi connectivity index (χ3v) is 2.84. The van der Waals surface area contributed by atoms with Crippen LogP contribution in [0.1, 0.15) is 11.6 Å². The minimum Gasteiger partial charge on any atom is -0.390 e. The Labute approximate surface area is 148 Å². The van der Waals surface area contributed by atoms with Crippen LogP contribution in [0.5, 0.6) is 0 Å². The van der Waals surface area contributed by atoms with Crippen LogP contribution in [-0.4, -0.2) is 30.4 Å². The van der Waals surface area contributed by atoms with Crippen molar-refractivity contribution in [2.45, 2.75) is 12.2 Å². The molecule has 132 valence electrons. The number of amidine groups is 1. The van der Waals surface area contributed by atoms with Crippen LogP contribution in [0.2, 0.25) is 5.02 Å². The highest BCUT2D eigenvalue weighted by molar-refractivity contribution is 7.80. The number of hydrogen-bond acceptors (Lipinski definition) is 3. The summed E-state index contributed by atoms with van der Waals surface area (Å²) >= 11 is 10.1. The van der Waals surface area contributed by atoms with Crippen molar-refractivity contribution in [1.29, 1.82) is 5.41 Å². The molecular weight excluding hydrogens is 363 g/mol. The molecule has 0 radical (unpaired) electrons. The average Bonchev–Trinajstić information content (AvgIpc) is 2.47. The minimum absolute atomic E-state index is 0.157. The van der Waals surface area contributed by atoms with Gasteiger partial charge >= 0.3 is 6.18 Å². The first-order valence-electron chi connectivity index (χ1n) is 6.41. The molecular formula is C14H17ClF3N5S. The Morgan fingerprint density at radius 2 is 1.83 bits per heavy atom. The highest BCUT2D eigenvalue weighted by Gasteiger charge is 2.39. The van der Waals surface area contributed by atoms with Gasteiger partial charge in [-0.15, -0.1) is 0 Å². The average molecular weight is 380 g/mol. The molecule has 0 spiro atoms. The van der Waals surface area contributed by atoms with Gasteiger partial charge < -0.3 is 16.8 Å². The molecule has 1 rings (SSSR count). The summed E-state index contributed by atoms with van der Waals surface area (Å²) in [5.74, 6) is 0.211. The highest BCUT2D eigenvalue weighted by Crippen LogP contribution is 2.32. The summed E-state index contributed by atoms with van der Waals surface area (Å²) in [4.78, 5) is 3.67. The molecule has 0 aliphatic rings. The summed E-state index contributed by atoms with van der Waals surface area (Å²) in [6, 6.07) is 3.95. The first-order valence-corrected chi connectivity index (χ1v) is 7.19.